The molecule has 0 atom stereocenters. The quantitative estimate of drug-likeness (QED) is 0.166. The summed E-state index contributed by atoms with van der Waals surface area (Å²) in [5.41, 5.74) is 12.7. The largest absolute Gasteiger partial charge is 0.454 e. The van der Waals surface area contributed by atoms with E-state index in [1.807, 2.05) is 6.07 Å². The van der Waals surface area contributed by atoms with Gasteiger partial charge in [-0.05, 0) is 123 Å². The van der Waals surface area contributed by atoms with Gasteiger partial charge in [0.2, 0.25) is 0 Å². The molecule has 2 aliphatic rings. The number of rotatable bonds is 6. The van der Waals surface area contributed by atoms with Crippen molar-refractivity contribution in [3.05, 3.63) is 217 Å². The Kier molecular flexibility index (Phi) is 8.15. The van der Waals surface area contributed by atoms with Gasteiger partial charge < -0.3 is 19.0 Å². The minimum Gasteiger partial charge on any atom is -0.454 e. The normalized spacial score (nSPS) is 13.3. The summed E-state index contributed by atoms with van der Waals surface area (Å²) in [6, 6.07) is 74.0. The highest BCUT2D eigenvalue weighted by molar-refractivity contribution is 7.99. The van der Waals surface area contributed by atoms with Gasteiger partial charge in [-0.1, -0.05) is 153 Å². The van der Waals surface area contributed by atoms with Crippen molar-refractivity contribution >= 4 is 89.4 Å². The molecule has 1 aliphatic heterocycles. The number of ether oxygens (including phenoxy) is 1. The number of para-hydroxylation sites is 4. The number of hydrogen-bond donors (Lipinski definition) is 0. The molecule has 4 nitrogen and oxygen atoms in total. The summed E-state index contributed by atoms with van der Waals surface area (Å²) in [4.78, 5) is 6.85. The Hall–Kier alpha value is -7.73. The first-order valence-corrected chi connectivity index (χ1v) is 22.6. The second-order valence-electron chi connectivity index (χ2n) is 17.3. The van der Waals surface area contributed by atoms with Crippen LogP contribution in [-0.2, 0) is 5.41 Å². The maximum absolute atomic E-state index is 7.23. The minimum absolute atomic E-state index is 0.163. The highest BCUT2D eigenvalue weighted by Gasteiger charge is 2.37. The van der Waals surface area contributed by atoms with Crippen LogP contribution in [0.1, 0.15) is 25.0 Å². The van der Waals surface area contributed by atoms with Crippen LogP contribution in [0.2, 0.25) is 0 Å². The van der Waals surface area contributed by atoms with Gasteiger partial charge in [0.1, 0.15) is 11.3 Å². The van der Waals surface area contributed by atoms with Gasteiger partial charge in [0.15, 0.2) is 11.3 Å². The van der Waals surface area contributed by atoms with Crippen LogP contribution in [-0.4, -0.2) is 0 Å². The second-order valence-corrected chi connectivity index (χ2v) is 18.4. The van der Waals surface area contributed by atoms with Gasteiger partial charge >= 0.3 is 0 Å². The molecule has 13 rings (SSSR count). The smallest absolute Gasteiger partial charge is 0.165 e. The molecule has 5 heteroatoms. The summed E-state index contributed by atoms with van der Waals surface area (Å²) in [7, 11) is 0. The lowest BCUT2D eigenvalue weighted by atomic mass is 9.82. The zero-order valence-electron chi connectivity index (χ0n) is 35.2. The van der Waals surface area contributed by atoms with Crippen molar-refractivity contribution in [2.45, 2.75) is 29.1 Å². The number of nitrogens with zero attached hydrogens (tertiary/aromatic N) is 2. The average molecular weight is 841 g/mol. The number of benzene rings is 10. The first kappa shape index (κ1) is 36.9. The first-order chi connectivity index (χ1) is 31.5. The van der Waals surface area contributed by atoms with Gasteiger partial charge in [-0.3, -0.25) is 0 Å². The van der Waals surface area contributed by atoms with Crippen molar-refractivity contribution in [3.63, 3.8) is 0 Å². The molecular formula is C59H40N2O2S. The van der Waals surface area contributed by atoms with Gasteiger partial charge in [0, 0.05) is 38.9 Å². The second kappa shape index (κ2) is 14.1. The molecule has 304 valence electrons. The van der Waals surface area contributed by atoms with E-state index in [0.717, 1.165) is 77.4 Å². The van der Waals surface area contributed by atoms with E-state index in [1.54, 1.807) is 11.8 Å². The lowest BCUT2D eigenvalue weighted by Gasteiger charge is -2.33. The average Bonchev–Trinajstić information content (AvgIpc) is 3.83. The molecule has 0 N–H and O–H groups in total. The van der Waals surface area contributed by atoms with Gasteiger partial charge in [-0.15, -0.1) is 0 Å². The van der Waals surface area contributed by atoms with E-state index >= 15 is 0 Å². The molecule has 10 aromatic carbocycles. The van der Waals surface area contributed by atoms with E-state index < -0.39 is 0 Å². The van der Waals surface area contributed by atoms with E-state index in [2.05, 4.69) is 224 Å². The number of anilines is 6. The monoisotopic (exact) mass is 840 g/mol. The fourth-order valence-corrected chi connectivity index (χ4v) is 11.3. The summed E-state index contributed by atoms with van der Waals surface area (Å²) in [6.45, 7) is 4.71. The van der Waals surface area contributed by atoms with E-state index in [4.69, 9.17) is 9.15 Å². The number of hydrogen-bond acceptors (Lipinski definition) is 5. The highest BCUT2D eigenvalue weighted by atomic mass is 32.2. The molecule has 0 saturated heterocycles. The molecular weight excluding hydrogens is 801 g/mol. The summed E-state index contributed by atoms with van der Waals surface area (Å²) in [5, 5.41) is 7.03. The molecule has 1 aliphatic carbocycles. The van der Waals surface area contributed by atoms with E-state index in [-0.39, 0.29) is 5.41 Å². The van der Waals surface area contributed by atoms with Crippen molar-refractivity contribution in [2.75, 3.05) is 9.80 Å². The maximum Gasteiger partial charge on any atom is 0.165 e. The Morgan fingerprint density at radius 1 is 0.438 bits per heavy atom. The van der Waals surface area contributed by atoms with Crippen molar-refractivity contribution in [1.29, 1.82) is 0 Å². The first-order valence-electron chi connectivity index (χ1n) is 21.8. The lowest BCUT2D eigenvalue weighted by Crippen LogP contribution is -2.16. The maximum atomic E-state index is 7.23. The Morgan fingerprint density at radius 2 is 1.08 bits per heavy atom. The van der Waals surface area contributed by atoms with Crippen molar-refractivity contribution in [1.82, 2.24) is 0 Å². The van der Waals surface area contributed by atoms with Gasteiger partial charge in [0.25, 0.3) is 0 Å². The zero-order chi connectivity index (χ0) is 42.5. The Labute approximate surface area is 375 Å². The summed E-state index contributed by atoms with van der Waals surface area (Å²) >= 11 is 1.77. The van der Waals surface area contributed by atoms with Crippen LogP contribution >= 0.6 is 11.8 Å². The predicted molar refractivity (Wildman–Crippen MR) is 266 cm³/mol. The number of fused-ring (bicyclic) bond motifs is 11. The molecule has 0 spiro atoms. The Balaban J connectivity index is 1.08. The molecule has 2 heterocycles. The minimum atomic E-state index is -0.163. The lowest BCUT2D eigenvalue weighted by molar-refractivity contribution is 0.457. The molecule has 1 aromatic heterocycles. The third-order valence-corrected chi connectivity index (χ3v) is 14.4. The summed E-state index contributed by atoms with van der Waals surface area (Å²) < 4.78 is 14.0. The van der Waals surface area contributed by atoms with Gasteiger partial charge in [-0.2, -0.15) is 0 Å². The van der Waals surface area contributed by atoms with Gasteiger partial charge in [-0.25, -0.2) is 0 Å². The van der Waals surface area contributed by atoms with Crippen LogP contribution < -0.4 is 14.5 Å². The molecule has 11 aromatic rings. The summed E-state index contributed by atoms with van der Waals surface area (Å²) in [5.74, 6) is 1.66. The summed E-state index contributed by atoms with van der Waals surface area (Å²) in [6.07, 6.45) is 0. The third kappa shape index (κ3) is 5.64. The molecule has 64 heavy (non-hydrogen) atoms. The van der Waals surface area contributed by atoms with Crippen LogP contribution in [0.3, 0.4) is 0 Å². The van der Waals surface area contributed by atoms with Gasteiger partial charge in [0.05, 0.1) is 21.2 Å². The third-order valence-electron chi connectivity index (χ3n) is 13.2. The Bertz CT molecular complexity index is 3670. The number of furan rings is 1. The van der Waals surface area contributed by atoms with Crippen molar-refractivity contribution < 1.29 is 9.15 Å². The standard InChI is InChI=1S/C59H40N2O2S/c1-59(2)49-30-29-42(34-48(49)47-32-38-17-9-10-18-39(38)33-50(47)59)60(40-19-5-3-6-20-40)52-35-43(36-55-57(52)63-54-31-28-37-16-11-12-23-44(37)58(54)64-55)61(41-21-7-4-8-22-41)51-26-15-25-46-45-24-13-14-27-53(45)62-56(46)51/h3-36H,1-2H3. The van der Waals surface area contributed by atoms with E-state index in [9.17, 15) is 0 Å². The molecule has 0 bridgehead atoms. The molecule has 0 unspecified atom stereocenters. The predicted octanol–water partition coefficient (Wildman–Crippen LogP) is 17.4. The van der Waals surface area contributed by atoms with Crippen molar-refractivity contribution in [2.24, 2.45) is 0 Å². The molecule has 0 amide bonds. The fraction of sp³-hybridized carbons (Fsp3) is 0.0508. The van der Waals surface area contributed by atoms with Crippen LogP contribution in [0.15, 0.2) is 220 Å². The van der Waals surface area contributed by atoms with E-state index in [1.165, 1.54) is 43.8 Å². The van der Waals surface area contributed by atoms with Crippen LogP contribution in [0, 0.1) is 0 Å². The van der Waals surface area contributed by atoms with Crippen LogP contribution in [0.4, 0.5) is 34.1 Å². The zero-order valence-corrected chi connectivity index (χ0v) is 36.1. The Morgan fingerprint density at radius 3 is 1.86 bits per heavy atom. The van der Waals surface area contributed by atoms with E-state index in [0.29, 0.717) is 0 Å². The molecule has 0 fully saturated rings. The van der Waals surface area contributed by atoms with Crippen molar-refractivity contribution in [3.8, 4) is 22.6 Å². The van der Waals surface area contributed by atoms with Crippen LogP contribution in [0.25, 0.3) is 54.6 Å². The topological polar surface area (TPSA) is 28.9 Å². The molecule has 0 saturated carbocycles. The van der Waals surface area contributed by atoms with Crippen LogP contribution in [0.5, 0.6) is 11.5 Å². The SMILES string of the molecule is CC1(C)c2ccc(N(c3ccccc3)c3cc(N(c4ccccc4)c4cccc5c4oc4ccccc45)cc4c3Oc3ccc5ccccc5c3S4)cc2-c2cc3ccccc3cc21. The highest BCUT2D eigenvalue weighted by Crippen LogP contribution is 2.58. The fourth-order valence-electron chi connectivity index (χ4n) is 10.2. The molecule has 0 radical (unpaired) electrons.